The summed E-state index contributed by atoms with van der Waals surface area (Å²) in [4.78, 5) is 4.48. The zero-order valence-electron chi connectivity index (χ0n) is 7.96. The minimum Gasteiger partial charge on any atom is -0.241 e. The zero-order valence-corrected chi connectivity index (χ0v) is 8.77. The summed E-state index contributed by atoms with van der Waals surface area (Å²) in [6.07, 6.45) is 7.63. The largest absolute Gasteiger partial charge is 0.241 e. The lowest BCUT2D eigenvalue weighted by atomic mass is 10.2. The fraction of sp³-hybridized carbons (Fsp3) is 0.250. The smallest absolute Gasteiger partial charge is 0.140 e. The molecule has 1 fully saturated rings. The Morgan fingerprint density at radius 2 is 2.27 bits per heavy atom. The summed E-state index contributed by atoms with van der Waals surface area (Å²) >= 11 is 1.58. The van der Waals surface area contributed by atoms with Crippen LogP contribution in [0.4, 0.5) is 4.39 Å². The van der Waals surface area contributed by atoms with E-state index in [1.807, 2.05) is 0 Å². The van der Waals surface area contributed by atoms with Crippen LogP contribution in [0.1, 0.15) is 29.3 Å². The highest BCUT2D eigenvalue weighted by atomic mass is 32.1. The standard InChI is InChI=1S/C12H8FNS/c1-2-7-5-10-11(6-9(7)13)15-12(14-10)8-3-4-8/h1,5-6,8H,3-4H2. The van der Waals surface area contributed by atoms with E-state index in [1.54, 1.807) is 17.4 Å². The number of halogens is 1. The van der Waals surface area contributed by atoms with Crippen LogP contribution in [0.3, 0.4) is 0 Å². The first-order valence-corrected chi connectivity index (χ1v) is 5.66. The van der Waals surface area contributed by atoms with Crippen LogP contribution in [-0.4, -0.2) is 4.98 Å². The highest BCUT2D eigenvalue weighted by Crippen LogP contribution is 2.43. The number of hydrogen-bond donors (Lipinski definition) is 0. The SMILES string of the molecule is C#Cc1cc2nc(C3CC3)sc2cc1F. The van der Waals surface area contributed by atoms with E-state index in [9.17, 15) is 4.39 Å². The Morgan fingerprint density at radius 1 is 1.47 bits per heavy atom. The molecule has 0 N–H and O–H groups in total. The molecule has 0 saturated heterocycles. The van der Waals surface area contributed by atoms with Crippen LogP contribution in [0.15, 0.2) is 12.1 Å². The van der Waals surface area contributed by atoms with Crippen LogP contribution >= 0.6 is 11.3 Å². The fourth-order valence-electron chi connectivity index (χ4n) is 1.58. The molecule has 1 aromatic heterocycles. The van der Waals surface area contributed by atoms with Crippen molar-refractivity contribution in [2.24, 2.45) is 0 Å². The van der Waals surface area contributed by atoms with Gasteiger partial charge in [-0.15, -0.1) is 17.8 Å². The number of hydrogen-bond acceptors (Lipinski definition) is 2. The van der Waals surface area contributed by atoms with Crippen LogP contribution in [0.25, 0.3) is 10.2 Å². The zero-order chi connectivity index (χ0) is 10.4. The highest BCUT2D eigenvalue weighted by Gasteiger charge is 2.27. The molecule has 1 saturated carbocycles. The van der Waals surface area contributed by atoms with Gasteiger partial charge in [-0.1, -0.05) is 5.92 Å². The Morgan fingerprint density at radius 3 is 2.93 bits per heavy atom. The Bertz CT molecular complexity index is 575. The first kappa shape index (κ1) is 8.87. The lowest BCUT2D eigenvalue weighted by Gasteiger charge is -1.92. The highest BCUT2D eigenvalue weighted by molar-refractivity contribution is 7.18. The fourth-order valence-corrected chi connectivity index (χ4v) is 2.73. The van der Waals surface area contributed by atoms with Gasteiger partial charge in [-0.25, -0.2) is 9.37 Å². The molecule has 1 heterocycles. The van der Waals surface area contributed by atoms with Gasteiger partial charge >= 0.3 is 0 Å². The summed E-state index contributed by atoms with van der Waals surface area (Å²) < 4.78 is 14.3. The van der Waals surface area contributed by atoms with E-state index >= 15 is 0 Å². The molecule has 15 heavy (non-hydrogen) atoms. The molecule has 74 valence electrons. The van der Waals surface area contributed by atoms with Crippen molar-refractivity contribution in [3.05, 3.63) is 28.5 Å². The summed E-state index contributed by atoms with van der Waals surface area (Å²) in [5.74, 6) is 2.62. The second-order valence-electron chi connectivity index (χ2n) is 3.77. The minimum atomic E-state index is -0.323. The van der Waals surface area contributed by atoms with Crippen LogP contribution in [0.2, 0.25) is 0 Å². The van der Waals surface area contributed by atoms with Crippen molar-refractivity contribution in [3.63, 3.8) is 0 Å². The molecule has 2 aromatic rings. The van der Waals surface area contributed by atoms with Gasteiger partial charge in [0, 0.05) is 5.92 Å². The van der Waals surface area contributed by atoms with E-state index in [0.29, 0.717) is 11.5 Å². The molecule has 0 bridgehead atoms. The normalized spacial score (nSPS) is 15.5. The van der Waals surface area contributed by atoms with Gasteiger partial charge in [0.2, 0.25) is 0 Å². The number of terminal acetylenes is 1. The van der Waals surface area contributed by atoms with Crippen molar-refractivity contribution >= 4 is 21.6 Å². The summed E-state index contributed by atoms with van der Waals surface area (Å²) in [5, 5.41) is 1.12. The predicted octanol–water partition coefficient (Wildman–Crippen LogP) is 3.29. The summed E-state index contributed by atoms with van der Waals surface area (Å²) in [5.41, 5.74) is 1.13. The second kappa shape index (κ2) is 3.04. The average molecular weight is 217 g/mol. The molecule has 3 rings (SSSR count). The van der Waals surface area contributed by atoms with Crippen molar-refractivity contribution in [2.45, 2.75) is 18.8 Å². The van der Waals surface area contributed by atoms with E-state index < -0.39 is 0 Å². The van der Waals surface area contributed by atoms with Crippen molar-refractivity contribution in [2.75, 3.05) is 0 Å². The molecule has 1 aliphatic carbocycles. The second-order valence-corrected chi connectivity index (χ2v) is 4.83. The van der Waals surface area contributed by atoms with Gasteiger partial charge in [0.15, 0.2) is 0 Å². The third kappa shape index (κ3) is 1.42. The molecule has 1 aromatic carbocycles. The maximum absolute atomic E-state index is 13.4. The summed E-state index contributed by atoms with van der Waals surface area (Å²) in [6, 6.07) is 3.15. The van der Waals surface area contributed by atoms with Crippen LogP contribution in [0, 0.1) is 18.2 Å². The lowest BCUT2D eigenvalue weighted by molar-refractivity contribution is 0.626. The first-order chi connectivity index (χ1) is 7.28. The van der Waals surface area contributed by atoms with Crippen LogP contribution < -0.4 is 0 Å². The Hall–Kier alpha value is -1.40. The van der Waals surface area contributed by atoms with Crippen molar-refractivity contribution in [1.29, 1.82) is 0 Å². The minimum absolute atomic E-state index is 0.301. The van der Waals surface area contributed by atoms with E-state index in [4.69, 9.17) is 6.42 Å². The lowest BCUT2D eigenvalue weighted by Crippen LogP contribution is -1.82. The molecule has 0 atom stereocenters. The predicted molar refractivity (Wildman–Crippen MR) is 59.5 cm³/mol. The Labute approximate surface area is 91.0 Å². The van der Waals surface area contributed by atoms with Crippen molar-refractivity contribution in [1.82, 2.24) is 4.98 Å². The van der Waals surface area contributed by atoms with Gasteiger partial charge in [-0.3, -0.25) is 0 Å². The van der Waals surface area contributed by atoms with E-state index in [0.717, 1.165) is 15.2 Å². The molecule has 0 amide bonds. The molecular formula is C12H8FNS. The number of aromatic nitrogens is 1. The van der Waals surface area contributed by atoms with E-state index in [2.05, 4.69) is 10.9 Å². The van der Waals surface area contributed by atoms with Gasteiger partial charge in [-0.05, 0) is 25.0 Å². The quantitative estimate of drug-likeness (QED) is 0.668. The molecule has 1 nitrogen and oxygen atoms in total. The molecule has 0 radical (unpaired) electrons. The van der Waals surface area contributed by atoms with Gasteiger partial charge in [0.25, 0.3) is 0 Å². The van der Waals surface area contributed by atoms with E-state index in [1.165, 1.54) is 18.9 Å². The first-order valence-electron chi connectivity index (χ1n) is 4.84. The van der Waals surface area contributed by atoms with Gasteiger partial charge in [0.1, 0.15) is 5.82 Å². The van der Waals surface area contributed by atoms with Crippen LogP contribution in [-0.2, 0) is 0 Å². The number of rotatable bonds is 1. The number of nitrogens with zero attached hydrogens (tertiary/aromatic N) is 1. The summed E-state index contributed by atoms with van der Waals surface area (Å²) in [7, 11) is 0. The molecular weight excluding hydrogens is 209 g/mol. The molecule has 1 aliphatic rings. The maximum atomic E-state index is 13.4. The van der Waals surface area contributed by atoms with Crippen molar-refractivity contribution in [3.8, 4) is 12.3 Å². The molecule has 0 unspecified atom stereocenters. The van der Waals surface area contributed by atoms with Gasteiger partial charge < -0.3 is 0 Å². The van der Waals surface area contributed by atoms with Crippen molar-refractivity contribution < 1.29 is 4.39 Å². The van der Waals surface area contributed by atoms with Crippen LogP contribution in [0.5, 0.6) is 0 Å². The number of benzene rings is 1. The van der Waals surface area contributed by atoms with Gasteiger partial charge in [0.05, 0.1) is 20.8 Å². The Kier molecular flexibility index (Phi) is 1.80. The van der Waals surface area contributed by atoms with E-state index in [-0.39, 0.29) is 5.82 Å². The topological polar surface area (TPSA) is 12.9 Å². The molecule has 0 spiro atoms. The van der Waals surface area contributed by atoms with Gasteiger partial charge in [-0.2, -0.15) is 0 Å². The molecule has 3 heteroatoms. The third-order valence-electron chi connectivity index (χ3n) is 2.58. The average Bonchev–Trinajstić information content (AvgIpc) is 2.99. The maximum Gasteiger partial charge on any atom is 0.140 e. The summed E-state index contributed by atoms with van der Waals surface area (Å²) in [6.45, 7) is 0. The number of fused-ring (bicyclic) bond motifs is 1. The number of thiazole rings is 1. The monoisotopic (exact) mass is 217 g/mol. The Balaban J connectivity index is 2.22. The molecule has 0 aliphatic heterocycles. The third-order valence-corrected chi connectivity index (χ3v) is 3.76.